The molecule has 0 radical (unpaired) electrons. The Morgan fingerprint density at radius 2 is 1.94 bits per heavy atom. The lowest BCUT2D eigenvalue weighted by Gasteiger charge is -2.31. The maximum atomic E-state index is 12.7. The van der Waals surface area contributed by atoms with Gasteiger partial charge in [-0.05, 0) is 31.2 Å². The monoisotopic (exact) mass is 252 g/mol. The van der Waals surface area contributed by atoms with Crippen molar-refractivity contribution in [3.8, 4) is 0 Å². The molecule has 18 heavy (non-hydrogen) atoms. The summed E-state index contributed by atoms with van der Waals surface area (Å²) in [5.74, 6) is -0.391. The Balaban J connectivity index is 1.92. The molecule has 1 aromatic carbocycles. The van der Waals surface area contributed by atoms with E-state index in [1.807, 2.05) is 6.92 Å². The van der Waals surface area contributed by atoms with Crippen LogP contribution < -0.4 is 5.32 Å². The smallest absolute Gasteiger partial charge is 0.241 e. The Bertz CT molecular complexity index is 402. The quantitative estimate of drug-likeness (QED) is 0.886. The molecule has 0 aromatic heterocycles. The van der Waals surface area contributed by atoms with Gasteiger partial charge >= 0.3 is 0 Å². The largest absolute Gasteiger partial charge is 0.379 e. The molecular weight excluding hydrogens is 235 g/mol. The van der Waals surface area contributed by atoms with Crippen molar-refractivity contribution in [2.24, 2.45) is 0 Å². The molecule has 0 saturated carbocycles. The summed E-state index contributed by atoms with van der Waals surface area (Å²) in [7, 11) is 0. The van der Waals surface area contributed by atoms with E-state index in [9.17, 15) is 9.18 Å². The second kappa shape index (κ2) is 5.93. The van der Waals surface area contributed by atoms with E-state index in [2.05, 4.69) is 10.2 Å². The number of halogens is 1. The van der Waals surface area contributed by atoms with Gasteiger partial charge in [-0.25, -0.2) is 4.39 Å². The highest BCUT2D eigenvalue weighted by atomic mass is 19.1. The summed E-state index contributed by atoms with van der Waals surface area (Å²) in [6.07, 6.45) is 0. The fourth-order valence-electron chi connectivity index (χ4n) is 1.91. The number of nitrogens with zero attached hydrogens (tertiary/aromatic N) is 1. The van der Waals surface area contributed by atoms with Gasteiger partial charge in [0.15, 0.2) is 0 Å². The highest BCUT2D eigenvalue weighted by molar-refractivity contribution is 5.94. The molecule has 0 aliphatic carbocycles. The van der Waals surface area contributed by atoms with Gasteiger partial charge in [0.25, 0.3) is 0 Å². The summed E-state index contributed by atoms with van der Waals surface area (Å²) in [6.45, 7) is 4.71. The third kappa shape index (κ3) is 3.27. The van der Waals surface area contributed by atoms with Gasteiger partial charge in [0.1, 0.15) is 5.82 Å². The van der Waals surface area contributed by atoms with Crippen molar-refractivity contribution in [3.05, 3.63) is 30.1 Å². The van der Waals surface area contributed by atoms with Crippen LogP contribution in [0.4, 0.5) is 10.1 Å². The average molecular weight is 252 g/mol. The zero-order chi connectivity index (χ0) is 13.0. The fraction of sp³-hybridized carbons (Fsp3) is 0.462. The molecule has 1 saturated heterocycles. The van der Waals surface area contributed by atoms with Crippen LogP contribution >= 0.6 is 0 Å². The van der Waals surface area contributed by atoms with Crippen LogP contribution in [-0.2, 0) is 9.53 Å². The highest BCUT2D eigenvalue weighted by Crippen LogP contribution is 2.11. The normalized spacial score (nSPS) is 18.3. The van der Waals surface area contributed by atoms with E-state index in [1.54, 1.807) is 12.1 Å². The molecule has 1 atom stereocenters. The third-order valence-electron chi connectivity index (χ3n) is 3.08. The van der Waals surface area contributed by atoms with E-state index in [1.165, 1.54) is 12.1 Å². The van der Waals surface area contributed by atoms with Crippen LogP contribution in [0.2, 0.25) is 0 Å². The van der Waals surface area contributed by atoms with E-state index in [4.69, 9.17) is 4.74 Å². The predicted octanol–water partition coefficient (Wildman–Crippen LogP) is 1.48. The van der Waals surface area contributed by atoms with Gasteiger partial charge in [-0.1, -0.05) is 0 Å². The zero-order valence-corrected chi connectivity index (χ0v) is 10.4. The van der Waals surface area contributed by atoms with E-state index < -0.39 is 0 Å². The standard InChI is InChI=1S/C13H17FN2O2/c1-10(16-6-8-18-9-7-16)13(17)15-12-4-2-11(14)3-5-12/h2-5,10H,6-9H2,1H3,(H,15,17)/t10-/m1/s1. The lowest BCUT2D eigenvalue weighted by atomic mass is 10.2. The molecule has 0 bridgehead atoms. The third-order valence-corrected chi connectivity index (χ3v) is 3.08. The van der Waals surface area contributed by atoms with Crippen molar-refractivity contribution in [3.63, 3.8) is 0 Å². The van der Waals surface area contributed by atoms with Gasteiger partial charge in [-0.2, -0.15) is 0 Å². The van der Waals surface area contributed by atoms with Crippen LogP contribution in [-0.4, -0.2) is 43.2 Å². The maximum absolute atomic E-state index is 12.7. The van der Waals surface area contributed by atoms with Crippen LogP contribution in [0.15, 0.2) is 24.3 Å². The molecule has 4 nitrogen and oxygen atoms in total. The van der Waals surface area contributed by atoms with Crippen molar-refractivity contribution in [2.45, 2.75) is 13.0 Å². The van der Waals surface area contributed by atoms with Crippen molar-refractivity contribution < 1.29 is 13.9 Å². The zero-order valence-electron chi connectivity index (χ0n) is 10.4. The SMILES string of the molecule is C[C@H](C(=O)Nc1ccc(F)cc1)N1CCOCC1. The number of morpholine rings is 1. The van der Waals surface area contributed by atoms with Crippen molar-refractivity contribution in [2.75, 3.05) is 31.6 Å². The topological polar surface area (TPSA) is 41.6 Å². The van der Waals surface area contributed by atoms with Crippen molar-refractivity contribution in [1.82, 2.24) is 4.90 Å². The van der Waals surface area contributed by atoms with E-state index >= 15 is 0 Å². The summed E-state index contributed by atoms with van der Waals surface area (Å²) >= 11 is 0. The number of nitrogens with one attached hydrogen (secondary N) is 1. The number of amides is 1. The first-order chi connectivity index (χ1) is 8.66. The van der Waals surface area contributed by atoms with Crippen molar-refractivity contribution >= 4 is 11.6 Å². The minimum atomic E-state index is -0.311. The molecule has 98 valence electrons. The molecule has 2 rings (SSSR count). The van der Waals surface area contributed by atoms with E-state index in [0.717, 1.165) is 13.1 Å². The summed E-state index contributed by atoms with van der Waals surface area (Å²) < 4.78 is 18.0. The van der Waals surface area contributed by atoms with Crippen LogP contribution in [0.3, 0.4) is 0 Å². The first-order valence-electron chi connectivity index (χ1n) is 6.05. The molecule has 1 fully saturated rings. The summed E-state index contributed by atoms with van der Waals surface area (Å²) in [6, 6.07) is 5.56. The molecule has 0 spiro atoms. The molecule has 1 heterocycles. The molecule has 1 aromatic rings. The van der Waals surface area contributed by atoms with Crippen LogP contribution in [0, 0.1) is 5.82 Å². The minimum Gasteiger partial charge on any atom is -0.379 e. The van der Waals surface area contributed by atoms with E-state index in [-0.39, 0.29) is 17.8 Å². The molecule has 1 aliphatic heterocycles. The molecule has 1 N–H and O–H groups in total. The number of rotatable bonds is 3. The number of carbonyl (C=O) groups is 1. The van der Waals surface area contributed by atoms with Gasteiger partial charge in [-0.3, -0.25) is 9.69 Å². The van der Waals surface area contributed by atoms with Crippen LogP contribution in [0.1, 0.15) is 6.92 Å². The Hall–Kier alpha value is -1.46. The summed E-state index contributed by atoms with van der Waals surface area (Å²) in [4.78, 5) is 14.1. The summed E-state index contributed by atoms with van der Waals surface area (Å²) in [5, 5.41) is 2.78. The first kappa shape index (κ1) is 13.0. The lowest BCUT2D eigenvalue weighted by Crippen LogP contribution is -2.47. The molecule has 1 aliphatic rings. The number of ether oxygens (including phenoxy) is 1. The molecule has 0 unspecified atom stereocenters. The van der Waals surface area contributed by atoms with Crippen LogP contribution in [0.25, 0.3) is 0 Å². The summed E-state index contributed by atoms with van der Waals surface area (Å²) in [5.41, 5.74) is 0.613. The molecule has 1 amide bonds. The Labute approximate surface area is 106 Å². The predicted molar refractivity (Wildman–Crippen MR) is 66.9 cm³/mol. The van der Waals surface area contributed by atoms with Gasteiger partial charge in [0, 0.05) is 18.8 Å². The number of benzene rings is 1. The second-order valence-electron chi connectivity index (χ2n) is 4.32. The number of hydrogen-bond donors (Lipinski definition) is 1. The fourth-order valence-corrected chi connectivity index (χ4v) is 1.91. The maximum Gasteiger partial charge on any atom is 0.241 e. The number of anilines is 1. The van der Waals surface area contributed by atoms with Gasteiger partial charge in [0.05, 0.1) is 19.3 Å². The first-order valence-corrected chi connectivity index (χ1v) is 6.05. The molecule has 5 heteroatoms. The van der Waals surface area contributed by atoms with Crippen molar-refractivity contribution in [1.29, 1.82) is 0 Å². The number of hydrogen-bond acceptors (Lipinski definition) is 3. The number of carbonyl (C=O) groups excluding carboxylic acids is 1. The lowest BCUT2D eigenvalue weighted by molar-refractivity contribution is -0.122. The highest BCUT2D eigenvalue weighted by Gasteiger charge is 2.22. The Morgan fingerprint density at radius 1 is 1.33 bits per heavy atom. The molecular formula is C13H17FN2O2. The van der Waals surface area contributed by atoms with E-state index in [0.29, 0.717) is 18.9 Å². The Kier molecular flexibility index (Phi) is 4.28. The Morgan fingerprint density at radius 3 is 2.56 bits per heavy atom. The average Bonchev–Trinajstić information content (AvgIpc) is 2.41. The van der Waals surface area contributed by atoms with Gasteiger partial charge < -0.3 is 10.1 Å². The second-order valence-corrected chi connectivity index (χ2v) is 4.32. The van der Waals surface area contributed by atoms with Crippen LogP contribution in [0.5, 0.6) is 0 Å². The van der Waals surface area contributed by atoms with Gasteiger partial charge in [-0.15, -0.1) is 0 Å². The minimum absolute atomic E-state index is 0.0801. The van der Waals surface area contributed by atoms with Gasteiger partial charge in [0.2, 0.25) is 5.91 Å².